The molecule has 2 aromatic carbocycles. The number of para-hydroxylation sites is 1. The molecular weight excluding hydrogens is 289 g/mol. The second kappa shape index (κ2) is 5.41. The first-order chi connectivity index (χ1) is 10.1. The molecule has 1 heterocycles. The van der Waals surface area contributed by atoms with Gasteiger partial charge in [-0.05, 0) is 32.0 Å². The van der Waals surface area contributed by atoms with Crippen molar-refractivity contribution in [2.75, 3.05) is 5.32 Å². The number of halogens is 2. The van der Waals surface area contributed by atoms with E-state index >= 15 is 0 Å². The fraction of sp³-hybridized carbons (Fsp3) is 0.176. The predicted octanol–water partition coefficient (Wildman–Crippen LogP) is 5.71. The van der Waals surface area contributed by atoms with Gasteiger partial charge in [-0.1, -0.05) is 35.9 Å². The van der Waals surface area contributed by atoms with Crippen LogP contribution in [0.1, 0.15) is 24.3 Å². The van der Waals surface area contributed by atoms with Crippen LogP contribution in [0.2, 0.25) is 5.02 Å². The van der Waals surface area contributed by atoms with E-state index in [2.05, 4.69) is 5.32 Å². The van der Waals surface area contributed by atoms with Gasteiger partial charge in [0.2, 0.25) is 0 Å². The van der Waals surface area contributed by atoms with Crippen LogP contribution in [0.5, 0.6) is 0 Å². The Morgan fingerprint density at radius 2 is 1.90 bits per heavy atom. The van der Waals surface area contributed by atoms with E-state index in [0.717, 1.165) is 22.3 Å². The number of hydrogen-bond acceptors (Lipinski definition) is 2. The van der Waals surface area contributed by atoms with E-state index in [1.807, 2.05) is 38.1 Å². The van der Waals surface area contributed by atoms with Crippen molar-refractivity contribution >= 4 is 28.3 Å². The molecule has 0 amide bonds. The van der Waals surface area contributed by atoms with Crippen molar-refractivity contribution in [3.8, 4) is 0 Å². The molecular formula is C17H15ClFNO. The Morgan fingerprint density at radius 1 is 1.14 bits per heavy atom. The van der Waals surface area contributed by atoms with Crippen molar-refractivity contribution in [3.63, 3.8) is 0 Å². The Labute approximate surface area is 127 Å². The van der Waals surface area contributed by atoms with E-state index in [0.29, 0.717) is 5.69 Å². The molecule has 0 aliphatic rings. The molecule has 0 spiro atoms. The molecule has 0 saturated heterocycles. The molecule has 108 valence electrons. The predicted molar refractivity (Wildman–Crippen MR) is 84.4 cm³/mol. The van der Waals surface area contributed by atoms with Gasteiger partial charge in [0, 0.05) is 10.9 Å². The smallest absolute Gasteiger partial charge is 0.164 e. The van der Waals surface area contributed by atoms with Crippen LogP contribution in [0.15, 0.2) is 46.9 Å². The Hall–Kier alpha value is -2.00. The number of aryl methyl sites for hydroxylation is 1. The minimum absolute atomic E-state index is 0.105. The number of hydrogen-bond donors (Lipinski definition) is 1. The van der Waals surface area contributed by atoms with Crippen LogP contribution in [-0.4, -0.2) is 0 Å². The van der Waals surface area contributed by atoms with Crippen molar-refractivity contribution in [2.45, 2.75) is 19.9 Å². The molecule has 1 aromatic heterocycles. The molecule has 21 heavy (non-hydrogen) atoms. The van der Waals surface area contributed by atoms with E-state index in [-0.39, 0.29) is 11.1 Å². The summed E-state index contributed by atoms with van der Waals surface area (Å²) in [6.07, 6.45) is 0. The molecule has 0 bridgehead atoms. The van der Waals surface area contributed by atoms with Gasteiger partial charge in [0.25, 0.3) is 0 Å². The average molecular weight is 304 g/mol. The Kier molecular flexibility index (Phi) is 3.60. The van der Waals surface area contributed by atoms with Crippen molar-refractivity contribution < 1.29 is 8.81 Å². The summed E-state index contributed by atoms with van der Waals surface area (Å²) in [4.78, 5) is 0. The molecule has 0 aliphatic heterocycles. The monoisotopic (exact) mass is 303 g/mol. The van der Waals surface area contributed by atoms with Gasteiger partial charge in [-0.15, -0.1) is 0 Å². The number of benzene rings is 2. The molecule has 1 atom stereocenters. The van der Waals surface area contributed by atoms with Crippen LogP contribution in [0, 0.1) is 12.7 Å². The number of fused-ring (bicyclic) bond motifs is 1. The van der Waals surface area contributed by atoms with Gasteiger partial charge in [-0.25, -0.2) is 4.39 Å². The maximum absolute atomic E-state index is 14.0. The van der Waals surface area contributed by atoms with E-state index in [9.17, 15) is 4.39 Å². The first kappa shape index (κ1) is 14.0. The van der Waals surface area contributed by atoms with Crippen molar-refractivity contribution in [3.05, 3.63) is 64.6 Å². The summed E-state index contributed by atoms with van der Waals surface area (Å²) in [5.41, 5.74) is 2.27. The quantitative estimate of drug-likeness (QED) is 0.670. The summed E-state index contributed by atoms with van der Waals surface area (Å²) >= 11 is 5.80. The molecule has 0 saturated carbocycles. The molecule has 4 heteroatoms. The highest BCUT2D eigenvalue weighted by molar-refractivity contribution is 6.31. The molecule has 1 unspecified atom stereocenters. The highest BCUT2D eigenvalue weighted by Gasteiger charge is 2.17. The largest absolute Gasteiger partial charge is 0.459 e. The van der Waals surface area contributed by atoms with Gasteiger partial charge < -0.3 is 9.73 Å². The third-order valence-electron chi connectivity index (χ3n) is 3.60. The minimum Gasteiger partial charge on any atom is -0.459 e. The van der Waals surface area contributed by atoms with Gasteiger partial charge >= 0.3 is 0 Å². The summed E-state index contributed by atoms with van der Waals surface area (Å²) in [6.45, 7) is 3.94. The molecule has 0 aliphatic carbocycles. The zero-order chi connectivity index (χ0) is 15.0. The van der Waals surface area contributed by atoms with Gasteiger partial charge in [0.05, 0.1) is 16.8 Å². The second-order valence-corrected chi connectivity index (χ2v) is 5.46. The van der Waals surface area contributed by atoms with Crippen molar-refractivity contribution in [1.29, 1.82) is 0 Å². The Bertz CT molecular complexity index is 797. The summed E-state index contributed by atoms with van der Waals surface area (Å²) in [5, 5.41) is 4.30. The minimum atomic E-state index is -0.445. The second-order valence-electron chi connectivity index (χ2n) is 5.05. The lowest BCUT2D eigenvalue weighted by Crippen LogP contribution is -2.08. The number of rotatable bonds is 3. The van der Waals surface area contributed by atoms with Crippen LogP contribution in [0.3, 0.4) is 0 Å². The fourth-order valence-corrected chi connectivity index (χ4v) is 2.69. The zero-order valence-electron chi connectivity index (χ0n) is 11.8. The molecule has 3 aromatic rings. The molecule has 0 fully saturated rings. The number of furan rings is 1. The average Bonchev–Trinajstić information content (AvgIpc) is 2.82. The lowest BCUT2D eigenvalue weighted by atomic mass is 10.1. The lowest BCUT2D eigenvalue weighted by Gasteiger charge is -2.15. The number of anilines is 1. The van der Waals surface area contributed by atoms with E-state index < -0.39 is 5.82 Å². The molecule has 1 N–H and O–H groups in total. The Balaban J connectivity index is 1.95. The Morgan fingerprint density at radius 3 is 2.67 bits per heavy atom. The summed E-state index contributed by atoms with van der Waals surface area (Å²) in [6, 6.07) is 12.6. The maximum atomic E-state index is 14.0. The molecule has 0 radical (unpaired) electrons. The van der Waals surface area contributed by atoms with Crippen LogP contribution < -0.4 is 5.32 Å². The summed E-state index contributed by atoms with van der Waals surface area (Å²) in [5.74, 6) is 0.357. The van der Waals surface area contributed by atoms with Crippen molar-refractivity contribution in [1.82, 2.24) is 0 Å². The highest BCUT2D eigenvalue weighted by Crippen LogP contribution is 2.32. The third kappa shape index (κ3) is 2.49. The third-order valence-corrected chi connectivity index (χ3v) is 3.89. The van der Waals surface area contributed by atoms with Crippen LogP contribution in [0.25, 0.3) is 11.0 Å². The first-order valence-corrected chi connectivity index (χ1v) is 7.14. The van der Waals surface area contributed by atoms with E-state index in [1.54, 1.807) is 12.1 Å². The van der Waals surface area contributed by atoms with Crippen LogP contribution >= 0.6 is 11.6 Å². The van der Waals surface area contributed by atoms with E-state index in [4.69, 9.17) is 16.0 Å². The van der Waals surface area contributed by atoms with Crippen LogP contribution in [-0.2, 0) is 0 Å². The van der Waals surface area contributed by atoms with Crippen molar-refractivity contribution in [2.24, 2.45) is 0 Å². The summed E-state index contributed by atoms with van der Waals surface area (Å²) < 4.78 is 19.8. The maximum Gasteiger partial charge on any atom is 0.164 e. The van der Waals surface area contributed by atoms with Gasteiger partial charge in [-0.3, -0.25) is 0 Å². The molecule has 2 nitrogen and oxygen atoms in total. The van der Waals surface area contributed by atoms with Gasteiger partial charge in [0.1, 0.15) is 11.3 Å². The van der Waals surface area contributed by atoms with Crippen LogP contribution in [0.4, 0.5) is 10.1 Å². The van der Waals surface area contributed by atoms with Gasteiger partial charge in [0.15, 0.2) is 5.82 Å². The SMILES string of the molecule is Cc1c(C(C)Nc2cccc(Cl)c2F)oc2ccccc12. The zero-order valence-corrected chi connectivity index (χ0v) is 12.5. The summed E-state index contributed by atoms with van der Waals surface area (Å²) in [7, 11) is 0. The topological polar surface area (TPSA) is 25.2 Å². The molecule has 3 rings (SSSR count). The first-order valence-electron chi connectivity index (χ1n) is 6.76. The number of nitrogens with one attached hydrogen (secondary N) is 1. The fourth-order valence-electron chi connectivity index (χ4n) is 2.52. The lowest BCUT2D eigenvalue weighted by molar-refractivity contribution is 0.520. The standard InChI is InChI=1S/C17H15ClFNO/c1-10-12-6-3-4-9-15(12)21-17(10)11(2)20-14-8-5-7-13(18)16(14)19/h3-9,11,20H,1-2H3. The normalized spacial score (nSPS) is 12.6. The van der Waals surface area contributed by atoms with E-state index in [1.165, 1.54) is 6.07 Å². The highest BCUT2D eigenvalue weighted by atomic mass is 35.5. The van der Waals surface area contributed by atoms with Gasteiger partial charge in [-0.2, -0.15) is 0 Å².